The number of carbonyl (C=O) groups excluding carboxylic acids is 1. The molecule has 8 heteroatoms. The molecule has 1 unspecified atom stereocenters. The lowest BCUT2D eigenvalue weighted by Gasteiger charge is -2.19. The van der Waals surface area contributed by atoms with Gasteiger partial charge in [0.1, 0.15) is 11.9 Å². The molecule has 5 rings (SSSR count). The Morgan fingerprint density at radius 1 is 1.19 bits per heavy atom. The standard InChI is InChI=1S/C23H27N5O3/c1-13(2)20(22-26-21(27-31-22)14-7-8-14)25-19(29)12-11-18-24-17-6-4-3-5-16(17)23(30)28(18)15-9-10-15/h3-6,13-15,20H,7-12H2,1-2H3,(H,25,29). The molecule has 0 spiro atoms. The maximum absolute atomic E-state index is 13.0. The van der Waals surface area contributed by atoms with E-state index in [0.717, 1.165) is 31.5 Å². The number of nitrogens with zero attached hydrogens (tertiary/aromatic N) is 4. The van der Waals surface area contributed by atoms with E-state index in [1.165, 1.54) is 0 Å². The van der Waals surface area contributed by atoms with Gasteiger partial charge in [-0.05, 0) is 43.7 Å². The van der Waals surface area contributed by atoms with Gasteiger partial charge in [0, 0.05) is 24.8 Å². The minimum absolute atomic E-state index is 0.0120. The van der Waals surface area contributed by atoms with Gasteiger partial charge in [0.15, 0.2) is 5.82 Å². The van der Waals surface area contributed by atoms with Crippen molar-refractivity contribution < 1.29 is 9.32 Å². The Morgan fingerprint density at radius 3 is 2.68 bits per heavy atom. The van der Waals surface area contributed by atoms with Crippen LogP contribution in [0.15, 0.2) is 33.6 Å². The van der Waals surface area contributed by atoms with Crippen molar-refractivity contribution in [3.63, 3.8) is 0 Å². The molecule has 0 bridgehead atoms. The van der Waals surface area contributed by atoms with Crippen molar-refractivity contribution in [2.45, 2.75) is 70.4 Å². The van der Waals surface area contributed by atoms with Crippen molar-refractivity contribution in [3.05, 3.63) is 52.2 Å². The average molecular weight is 422 g/mol. The zero-order chi connectivity index (χ0) is 21.5. The molecule has 0 radical (unpaired) electrons. The summed E-state index contributed by atoms with van der Waals surface area (Å²) in [6.45, 7) is 4.03. The van der Waals surface area contributed by atoms with Crippen molar-refractivity contribution in [1.29, 1.82) is 0 Å². The lowest BCUT2D eigenvalue weighted by molar-refractivity contribution is -0.122. The summed E-state index contributed by atoms with van der Waals surface area (Å²) in [4.78, 5) is 35.0. The number of para-hydroxylation sites is 1. The van der Waals surface area contributed by atoms with E-state index >= 15 is 0 Å². The van der Waals surface area contributed by atoms with Gasteiger partial charge in [0.05, 0.1) is 10.9 Å². The Labute approximate surface area is 180 Å². The van der Waals surface area contributed by atoms with Crippen molar-refractivity contribution in [2.24, 2.45) is 5.92 Å². The van der Waals surface area contributed by atoms with E-state index in [9.17, 15) is 9.59 Å². The van der Waals surface area contributed by atoms with Crippen molar-refractivity contribution in [3.8, 4) is 0 Å². The smallest absolute Gasteiger partial charge is 0.261 e. The van der Waals surface area contributed by atoms with Crippen molar-refractivity contribution >= 4 is 16.8 Å². The molecule has 0 aliphatic heterocycles. The molecule has 31 heavy (non-hydrogen) atoms. The summed E-state index contributed by atoms with van der Waals surface area (Å²) in [7, 11) is 0. The lowest BCUT2D eigenvalue weighted by atomic mass is 10.0. The average Bonchev–Trinajstić information content (AvgIpc) is 3.69. The fourth-order valence-corrected chi connectivity index (χ4v) is 3.94. The first-order valence-electron chi connectivity index (χ1n) is 11.1. The molecule has 8 nitrogen and oxygen atoms in total. The molecule has 1 aromatic carbocycles. The predicted octanol–water partition coefficient (Wildman–Crippen LogP) is 3.44. The first-order valence-corrected chi connectivity index (χ1v) is 11.1. The molecule has 2 aromatic heterocycles. The summed E-state index contributed by atoms with van der Waals surface area (Å²) in [5.74, 6) is 2.28. The normalized spacial score (nSPS) is 17.3. The molecule has 0 saturated heterocycles. The van der Waals surface area contributed by atoms with E-state index in [1.807, 2.05) is 38.1 Å². The van der Waals surface area contributed by atoms with Crippen LogP contribution in [0.2, 0.25) is 0 Å². The molecule has 2 aliphatic rings. The summed E-state index contributed by atoms with van der Waals surface area (Å²) in [6, 6.07) is 7.26. The van der Waals surface area contributed by atoms with Gasteiger partial charge in [-0.3, -0.25) is 14.2 Å². The maximum atomic E-state index is 13.0. The molecule has 2 fully saturated rings. The summed E-state index contributed by atoms with van der Waals surface area (Å²) >= 11 is 0. The third-order valence-electron chi connectivity index (χ3n) is 6.02. The van der Waals surface area contributed by atoms with Crippen LogP contribution in [-0.4, -0.2) is 25.6 Å². The Kier molecular flexibility index (Phi) is 5.08. The van der Waals surface area contributed by atoms with E-state index in [4.69, 9.17) is 9.51 Å². The van der Waals surface area contributed by atoms with Crippen molar-refractivity contribution in [2.75, 3.05) is 0 Å². The quantitative estimate of drug-likeness (QED) is 0.598. The van der Waals surface area contributed by atoms with Crippen LogP contribution in [0.1, 0.15) is 81.5 Å². The lowest BCUT2D eigenvalue weighted by Crippen LogP contribution is -2.33. The highest BCUT2D eigenvalue weighted by molar-refractivity contribution is 5.78. The molecule has 1 amide bonds. The highest BCUT2D eigenvalue weighted by Crippen LogP contribution is 2.39. The van der Waals surface area contributed by atoms with Gasteiger partial charge >= 0.3 is 0 Å². The zero-order valence-electron chi connectivity index (χ0n) is 17.9. The second kappa shape index (κ2) is 7.90. The Morgan fingerprint density at radius 2 is 1.97 bits per heavy atom. The Hall–Kier alpha value is -3.03. The van der Waals surface area contributed by atoms with Crippen LogP contribution in [-0.2, 0) is 11.2 Å². The van der Waals surface area contributed by atoms with Gasteiger partial charge < -0.3 is 9.84 Å². The molecule has 2 saturated carbocycles. The Balaban J connectivity index is 1.32. The van der Waals surface area contributed by atoms with Crippen LogP contribution in [0.3, 0.4) is 0 Å². The van der Waals surface area contributed by atoms with E-state index in [1.54, 1.807) is 4.57 Å². The number of rotatable bonds is 8. The molecule has 162 valence electrons. The topological polar surface area (TPSA) is 103 Å². The highest BCUT2D eigenvalue weighted by atomic mass is 16.5. The summed E-state index contributed by atoms with van der Waals surface area (Å²) in [5, 5.41) is 7.74. The van der Waals surface area contributed by atoms with Gasteiger partial charge in [-0.2, -0.15) is 4.98 Å². The number of aromatic nitrogens is 4. The fraction of sp³-hybridized carbons (Fsp3) is 0.522. The zero-order valence-corrected chi connectivity index (χ0v) is 17.9. The Bertz CT molecular complexity index is 1170. The van der Waals surface area contributed by atoms with Crippen molar-refractivity contribution in [1.82, 2.24) is 25.0 Å². The molecular weight excluding hydrogens is 394 g/mol. The van der Waals surface area contributed by atoms with Crippen LogP contribution in [0.5, 0.6) is 0 Å². The summed E-state index contributed by atoms with van der Waals surface area (Å²) in [6.07, 6.45) is 4.80. The van der Waals surface area contributed by atoms with E-state index in [-0.39, 0.29) is 35.9 Å². The molecule has 3 aromatic rings. The minimum atomic E-state index is -0.331. The van der Waals surface area contributed by atoms with Gasteiger partial charge in [-0.25, -0.2) is 4.98 Å². The monoisotopic (exact) mass is 421 g/mol. The molecule has 1 atom stereocenters. The van der Waals surface area contributed by atoms with Crippen LogP contribution in [0.4, 0.5) is 0 Å². The molecule has 2 aliphatic carbocycles. The number of nitrogens with one attached hydrogen (secondary N) is 1. The van der Waals surface area contributed by atoms with Gasteiger partial charge in [-0.15, -0.1) is 0 Å². The molecule has 2 heterocycles. The first-order chi connectivity index (χ1) is 15.0. The van der Waals surface area contributed by atoms with Gasteiger partial charge in [0.25, 0.3) is 5.56 Å². The summed E-state index contributed by atoms with van der Waals surface area (Å²) in [5.41, 5.74) is 0.667. The van der Waals surface area contributed by atoms with Gasteiger partial charge in [0.2, 0.25) is 11.8 Å². The second-order valence-corrected chi connectivity index (χ2v) is 9.01. The van der Waals surface area contributed by atoms with E-state index in [2.05, 4.69) is 15.5 Å². The van der Waals surface area contributed by atoms with E-state index in [0.29, 0.717) is 35.0 Å². The number of hydrogen-bond acceptors (Lipinski definition) is 6. The van der Waals surface area contributed by atoms with Gasteiger partial charge in [-0.1, -0.05) is 31.1 Å². The molecular formula is C23H27N5O3. The maximum Gasteiger partial charge on any atom is 0.261 e. The van der Waals surface area contributed by atoms with Crippen LogP contribution >= 0.6 is 0 Å². The fourth-order valence-electron chi connectivity index (χ4n) is 3.94. The van der Waals surface area contributed by atoms with Crippen LogP contribution in [0, 0.1) is 5.92 Å². The number of fused-ring (bicyclic) bond motifs is 1. The van der Waals surface area contributed by atoms with Crippen LogP contribution < -0.4 is 10.9 Å². The predicted molar refractivity (Wildman–Crippen MR) is 115 cm³/mol. The first kappa shape index (κ1) is 19.9. The number of carbonyl (C=O) groups is 1. The van der Waals surface area contributed by atoms with Crippen LogP contribution in [0.25, 0.3) is 10.9 Å². The largest absolute Gasteiger partial charge is 0.344 e. The number of aryl methyl sites for hydroxylation is 1. The second-order valence-electron chi connectivity index (χ2n) is 9.01. The number of hydrogen-bond donors (Lipinski definition) is 1. The highest BCUT2D eigenvalue weighted by Gasteiger charge is 2.32. The summed E-state index contributed by atoms with van der Waals surface area (Å²) < 4.78 is 7.23. The minimum Gasteiger partial charge on any atom is -0.344 e. The van der Waals surface area contributed by atoms with E-state index < -0.39 is 0 Å². The third kappa shape index (κ3) is 4.11. The molecule has 1 N–H and O–H groups in total. The number of benzene rings is 1. The third-order valence-corrected chi connectivity index (χ3v) is 6.02. The SMILES string of the molecule is CC(C)C(NC(=O)CCc1nc2ccccc2c(=O)n1C1CC1)c1nc(C2CC2)no1. The number of amides is 1.